The fourth-order valence-corrected chi connectivity index (χ4v) is 5.68. The van der Waals surface area contributed by atoms with Crippen molar-refractivity contribution in [3.8, 4) is 5.69 Å². The Hall–Kier alpha value is -3.11. The van der Waals surface area contributed by atoms with Gasteiger partial charge in [-0.3, -0.25) is 9.36 Å². The fourth-order valence-electron chi connectivity index (χ4n) is 2.92. The number of fused-ring (bicyclic) bond motifs is 1. The first-order valence-corrected chi connectivity index (χ1v) is 10.9. The zero-order chi connectivity index (χ0) is 20.6. The highest BCUT2D eigenvalue weighted by Gasteiger charge is 2.41. The average molecular weight is 429 g/mol. The summed E-state index contributed by atoms with van der Waals surface area (Å²) in [4.78, 5) is 28.7. The normalized spacial score (nSPS) is 14.7. The molecule has 0 saturated carbocycles. The number of hydrogen-bond donors (Lipinski definition) is 0. The van der Waals surface area contributed by atoms with Crippen LogP contribution in [0.5, 0.6) is 0 Å². The van der Waals surface area contributed by atoms with E-state index in [-0.39, 0.29) is 22.0 Å². The predicted molar refractivity (Wildman–Crippen MR) is 105 cm³/mol. The number of imidazole rings is 1. The molecule has 0 unspecified atom stereocenters. The number of methoxy groups -OCH3 is 1. The molecule has 4 rings (SSSR count). The highest BCUT2D eigenvalue weighted by molar-refractivity contribution is 8.00. The zero-order valence-corrected chi connectivity index (χ0v) is 16.8. The summed E-state index contributed by atoms with van der Waals surface area (Å²) in [7, 11) is -2.67. The van der Waals surface area contributed by atoms with E-state index in [1.165, 1.54) is 25.4 Å². The number of amides is 1. The number of thioether (sulfide) groups is 1. The lowest BCUT2D eigenvalue weighted by Crippen LogP contribution is -2.29. The Labute approximate surface area is 171 Å². The molecule has 2 aromatic carbocycles. The van der Waals surface area contributed by atoms with Crippen molar-refractivity contribution in [3.63, 3.8) is 0 Å². The topological polar surface area (TPSA) is 98.6 Å². The van der Waals surface area contributed by atoms with Crippen LogP contribution in [0.4, 0.5) is 0 Å². The minimum absolute atomic E-state index is 0.00717. The minimum atomic E-state index is -3.92. The van der Waals surface area contributed by atoms with E-state index in [1.807, 2.05) is 30.3 Å². The van der Waals surface area contributed by atoms with Gasteiger partial charge in [-0.1, -0.05) is 42.1 Å². The Balaban J connectivity index is 1.66. The van der Waals surface area contributed by atoms with Gasteiger partial charge in [0.2, 0.25) is 0 Å². The maximum Gasteiger partial charge on any atom is 0.358 e. The fraction of sp³-hybridized carbons (Fsp3) is 0.105. The second-order valence-corrected chi connectivity index (χ2v) is 8.78. The second-order valence-electron chi connectivity index (χ2n) is 6.03. The molecule has 1 aliphatic rings. The maximum absolute atomic E-state index is 12.7. The molecule has 29 heavy (non-hydrogen) atoms. The highest BCUT2D eigenvalue weighted by Crippen LogP contribution is 2.33. The van der Waals surface area contributed by atoms with Gasteiger partial charge in [-0.2, -0.15) is 0 Å². The van der Waals surface area contributed by atoms with Crippen molar-refractivity contribution in [1.29, 1.82) is 0 Å². The number of hydrogen-bond acceptors (Lipinski definition) is 7. The summed E-state index contributed by atoms with van der Waals surface area (Å²) < 4.78 is 32.6. The van der Waals surface area contributed by atoms with Crippen LogP contribution in [-0.4, -0.2) is 47.1 Å². The largest absolute Gasteiger partial charge is 0.464 e. The van der Waals surface area contributed by atoms with Crippen LogP contribution in [0.25, 0.3) is 5.69 Å². The first-order valence-electron chi connectivity index (χ1n) is 8.45. The van der Waals surface area contributed by atoms with Crippen molar-refractivity contribution in [2.45, 2.75) is 10.1 Å². The standard InChI is InChI=1S/C19H15N3O5S2/c1-27-18(24)15-11-21(13-7-3-2-4-8-13)19(20-15)28-12-22-17(23)14-9-5-6-10-16(14)29(22,25)26/h2-11H,12H2,1H3. The van der Waals surface area contributed by atoms with E-state index >= 15 is 0 Å². The summed E-state index contributed by atoms with van der Waals surface area (Å²) >= 11 is 1.03. The first kappa shape index (κ1) is 19.2. The second kappa shape index (κ2) is 7.37. The van der Waals surface area contributed by atoms with E-state index in [1.54, 1.807) is 16.7 Å². The number of esters is 1. The SMILES string of the molecule is COC(=O)c1cn(-c2ccccc2)c(SCN2C(=O)c3ccccc3S2(=O)=O)n1. The number of rotatable bonds is 5. The van der Waals surface area contributed by atoms with Gasteiger partial charge < -0.3 is 4.74 Å². The summed E-state index contributed by atoms with van der Waals surface area (Å²) in [6, 6.07) is 15.2. The number of aromatic nitrogens is 2. The molecule has 8 nitrogen and oxygen atoms in total. The minimum Gasteiger partial charge on any atom is -0.464 e. The predicted octanol–water partition coefficient (Wildman–Crippen LogP) is 2.55. The molecule has 0 spiro atoms. The van der Waals surface area contributed by atoms with Crippen molar-refractivity contribution in [3.05, 3.63) is 72.1 Å². The number of carbonyl (C=O) groups is 2. The van der Waals surface area contributed by atoms with Crippen molar-refractivity contribution < 1.29 is 22.7 Å². The van der Waals surface area contributed by atoms with Crippen molar-refractivity contribution in [2.75, 3.05) is 13.0 Å². The molecule has 0 atom stereocenters. The maximum atomic E-state index is 12.7. The Morgan fingerprint density at radius 1 is 1.10 bits per heavy atom. The van der Waals surface area contributed by atoms with Gasteiger partial charge in [-0.05, 0) is 24.3 Å². The molecule has 2 heterocycles. The van der Waals surface area contributed by atoms with Gasteiger partial charge in [-0.15, -0.1) is 0 Å². The summed E-state index contributed by atoms with van der Waals surface area (Å²) in [5, 5.41) is 0.357. The molecular formula is C19H15N3O5S2. The molecule has 0 fully saturated rings. The van der Waals surface area contributed by atoms with Crippen LogP contribution in [0.1, 0.15) is 20.8 Å². The van der Waals surface area contributed by atoms with Gasteiger partial charge in [-0.25, -0.2) is 22.5 Å². The van der Waals surface area contributed by atoms with Gasteiger partial charge in [0, 0.05) is 11.9 Å². The van der Waals surface area contributed by atoms with Crippen LogP contribution in [0, 0.1) is 0 Å². The Kier molecular flexibility index (Phi) is 4.89. The number of carbonyl (C=O) groups excluding carboxylic acids is 2. The van der Waals surface area contributed by atoms with Crippen LogP contribution in [0.3, 0.4) is 0 Å². The molecule has 0 radical (unpaired) electrons. The summed E-state index contributed by atoms with van der Waals surface area (Å²) in [5.74, 6) is -1.38. The third-order valence-electron chi connectivity index (χ3n) is 4.33. The molecule has 3 aromatic rings. The van der Waals surface area contributed by atoms with Gasteiger partial charge in [0.15, 0.2) is 10.9 Å². The third kappa shape index (κ3) is 3.30. The molecule has 1 amide bonds. The van der Waals surface area contributed by atoms with E-state index in [2.05, 4.69) is 4.98 Å². The monoisotopic (exact) mass is 429 g/mol. The molecule has 1 aromatic heterocycles. The quantitative estimate of drug-likeness (QED) is 0.454. The van der Waals surface area contributed by atoms with Crippen LogP contribution >= 0.6 is 11.8 Å². The van der Waals surface area contributed by atoms with Gasteiger partial charge in [0.25, 0.3) is 15.9 Å². The highest BCUT2D eigenvalue weighted by atomic mass is 32.2. The molecule has 0 aliphatic carbocycles. The van der Waals surface area contributed by atoms with Crippen LogP contribution in [0.2, 0.25) is 0 Å². The smallest absolute Gasteiger partial charge is 0.358 e. The van der Waals surface area contributed by atoms with Crippen LogP contribution < -0.4 is 0 Å². The molecule has 0 bridgehead atoms. The van der Waals surface area contributed by atoms with Crippen molar-refractivity contribution in [2.24, 2.45) is 0 Å². The molecule has 148 valence electrons. The molecule has 0 N–H and O–H groups in total. The van der Waals surface area contributed by atoms with Crippen molar-refractivity contribution in [1.82, 2.24) is 13.9 Å². The zero-order valence-electron chi connectivity index (χ0n) is 15.2. The van der Waals surface area contributed by atoms with E-state index < -0.39 is 21.9 Å². The number of para-hydroxylation sites is 1. The Morgan fingerprint density at radius 2 is 1.79 bits per heavy atom. The van der Waals surface area contributed by atoms with Crippen LogP contribution in [0.15, 0.2) is 70.8 Å². The van der Waals surface area contributed by atoms with E-state index in [0.29, 0.717) is 5.16 Å². The Morgan fingerprint density at radius 3 is 2.48 bits per heavy atom. The Bertz CT molecular complexity index is 1210. The average Bonchev–Trinajstić information content (AvgIpc) is 3.25. The van der Waals surface area contributed by atoms with E-state index in [4.69, 9.17) is 4.74 Å². The molecular weight excluding hydrogens is 414 g/mol. The lowest BCUT2D eigenvalue weighted by molar-refractivity contribution is 0.0594. The third-order valence-corrected chi connectivity index (χ3v) is 7.21. The van der Waals surface area contributed by atoms with Gasteiger partial charge in [0.1, 0.15) is 4.90 Å². The molecule has 1 aliphatic heterocycles. The van der Waals surface area contributed by atoms with Gasteiger partial charge >= 0.3 is 5.97 Å². The van der Waals surface area contributed by atoms with E-state index in [9.17, 15) is 18.0 Å². The number of nitrogens with zero attached hydrogens (tertiary/aromatic N) is 3. The first-order chi connectivity index (χ1) is 13.9. The van der Waals surface area contributed by atoms with Gasteiger partial charge in [0.05, 0.1) is 18.6 Å². The number of ether oxygens (including phenoxy) is 1. The van der Waals surface area contributed by atoms with E-state index in [0.717, 1.165) is 21.8 Å². The lowest BCUT2D eigenvalue weighted by atomic mass is 10.2. The van der Waals surface area contributed by atoms with Crippen molar-refractivity contribution >= 4 is 33.7 Å². The number of sulfonamides is 1. The number of benzene rings is 2. The summed E-state index contributed by atoms with van der Waals surface area (Å²) in [5.41, 5.74) is 0.962. The molecule has 10 heteroatoms. The lowest BCUT2D eigenvalue weighted by Gasteiger charge is -2.14. The summed E-state index contributed by atoms with van der Waals surface area (Å²) in [6.45, 7) is 0. The molecule has 0 saturated heterocycles. The summed E-state index contributed by atoms with van der Waals surface area (Å²) in [6.07, 6.45) is 1.51. The van der Waals surface area contributed by atoms with Crippen LogP contribution in [-0.2, 0) is 14.8 Å².